The molecule has 0 N–H and O–H groups in total. The number of ether oxygens (including phenoxy) is 2. The number of carbonyl (C=O) groups excluding carboxylic acids is 3. The summed E-state index contributed by atoms with van der Waals surface area (Å²) in [6.45, 7) is 0.600. The van der Waals surface area contributed by atoms with Crippen LogP contribution in [0.25, 0.3) is 21.1 Å². The largest absolute Gasteiger partial charge is 0.469 e. The maximum Gasteiger partial charge on any atom is 0.311 e. The van der Waals surface area contributed by atoms with Crippen LogP contribution in [0.2, 0.25) is 0 Å². The molecule has 0 saturated carbocycles. The molecule has 1 aliphatic heterocycles. The molecule has 4 rings (SSSR count). The first-order valence-corrected chi connectivity index (χ1v) is 12.3. The van der Waals surface area contributed by atoms with Gasteiger partial charge in [-0.2, -0.15) is 0 Å². The molecule has 0 radical (unpaired) electrons. The normalized spacial score (nSPS) is 14.2. The number of carbonyl (C=O) groups is 3. The number of thiophene rings is 1. The van der Waals surface area contributed by atoms with Crippen LogP contribution < -0.4 is 0 Å². The molecule has 1 amide bonds. The molecule has 2 aromatic heterocycles. The Balaban J connectivity index is 1.37. The first kappa shape index (κ1) is 23.1. The highest BCUT2D eigenvalue weighted by molar-refractivity contribution is 7.17. The zero-order valence-corrected chi connectivity index (χ0v) is 19.8. The summed E-state index contributed by atoms with van der Waals surface area (Å²) in [7, 11) is 1.37. The number of esters is 2. The average Bonchev–Trinajstić information content (AvgIpc) is 3.53. The van der Waals surface area contributed by atoms with E-state index in [0.717, 1.165) is 26.0 Å². The number of amides is 1. The lowest BCUT2D eigenvalue weighted by molar-refractivity contribution is -0.153. The fourth-order valence-corrected chi connectivity index (χ4v) is 5.60. The van der Waals surface area contributed by atoms with Crippen molar-refractivity contribution in [3.8, 4) is 21.1 Å². The van der Waals surface area contributed by atoms with Gasteiger partial charge in [0.15, 0.2) is 6.61 Å². The Morgan fingerprint density at radius 3 is 2.52 bits per heavy atom. The van der Waals surface area contributed by atoms with Crippen molar-refractivity contribution in [2.45, 2.75) is 19.3 Å². The van der Waals surface area contributed by atoms with Crippen molar-refractivity contribution in [2.24, 2.45) is 5.92 Å². The van der Waals surface area contributed by atoms with E-state index in [2.05, 4.69) is 0 Å². The van der Waals surface area contributed by atoms with Gasteiger partial charge in [-0.15, -0.1) is 22.7 Å². The van der Waals surface area contributed by atoms with Gasteiger partial charge >= 0.3 is 11.9 Å². The number of aromatic nitrogens is 1. The minimum atomic E-state index is -0.464. The van der Waals surface area contributed by atoms with Gasteiger partial charge < -0.3 is 14.4 Å². The van der Waals surface area contributed by atoms with E-state index in [0.29, 0.717) is 25.9 Å². The monoisotopic (exact) mass is 484 g/mol. The van der Waals surface area contributed by atoms with Crippen LogP contribution >= 0.6 is 22.7 Å². The van der Waals surface area contributed by atoms with Gasteiger partial charge in [0.1, 0.15) is 5.01 Å². The third-order valence-electron chi connectivity index (χ3n) is 5.52. The summed E-state index contributed by atoms with van der Waals surface area (Å²) in [5.41, 5.74) is 1.77. The molecular weight excluding hydrogens is 460 g/mol. The highest BCUT2D eigenvalue weighted by atomic mass is 32.1. The number of thiazole rings is 1. The summed E-state index contributed by atoms with van der Waals surface area (Å²) in [5, 5.41) is 2.81. The number of nitrogens with zero attached hydrogens (tertiary/aromatic N) is 2. The zero-order valence-electron chi connectivity index (χ0n) is 18.2. The smallest absolute Gasteiger partial charge is 0.311 e. The zero-order chi connectivity index (χ0) is 23.2. The van der Waals surface area contributed by atoms with Crippen molar-refractivity contribution < 1.29 is 23.9 Å². The third kappa shape index (κ3) is 5.66. The molecule has 0 bridgehead atoms. The van der Waals surface area contributed by atoms with Crippen molar-refractivity contribution in [1.29, 1.82) is 0 Å². The Hall–Kier alpha value is -3.04. The van der Waals surface area contributed by atoms with E-state index < -0.39 is 5.97 Å². The van der Waals surface area contributed by atoms with E-state index in [1.54, 1.807) is 16.2 Å². The molecule has 1 fully saturated rings. The predicted molar refractivity (Wildman–Crippen MR) is 127 cm³/mol. The second-order valence-electron chi connectivity index (χ2n) is 7.65. The Kier molecular flexibility index (Phi) is 7.51. The molecule has 0 atom stereocenters. The maximum atomic E-state index is 12.6. The van der Waals surface area contributed by atoms with Crippen molar-refractivity contribution in [3.05, 3.63) is 52.7 Å². The van der Waals surface area contributed by atoms with Crippen LogP contribution in [0.4, 0.5) is 0 Å². The van der Waals surface area contributed by atoms with E-state index in [4.69, 9.17) is 14.5 Å². The third-order valence-corrected chi connectivity index (χ3v) is 7.50. The fraction of sp³-hybridized carbons (Fsp3) is 0.333. The lowest BCUT2D eigenvalue weighted by Crippen LogP contribution is -2.42. The average molecular weight is 485 g/mol. The molecule has 9 heteroatoms. The predicted octanol–water partition coefficient (Wildman–Crippen LogP) is 4.04. The molecular formula is C24H24N2O5S2. The Bertz CT molecular complexity index is 1100. The summed E-state index contributed by atoms with van der Waals surface area (Å²) in [6, 6.07) is 13.8. The molecule has 1 aliphatic rings. The van der Waals surface area contributed by atoms with Crippen LogP contribution in [0.3, 0.4) is 0 Å². The van der Waals surface area contributed by atoms with Gasteiger partial charge in [-0.1, -0.05) is 36.4 Å². The summed E-state index contributed by atoms with van der Waals surface area (Å²) < 4.78 is 10.1. The molecule has 0 spiro atoms. The van der Waals surface area contributed by atoms with Crippen molar-refractivity contribution in [1.82, 2.24) is 9.88 Å². The Morgan fingerprint density at radius 1 is 1.09 bits per heavy atom. The minimum Gasteiger partial charge on any atom is -0.469 e. The van der Waals surface area contributed by atoms with Crippen LogP contribution in [0.1, 0.15) is 17.7 Å². The number of benzene rings is 1. The molecule has 0 unspecified atom stereocenters. The lowest BCUT2D eigenvalue weighted by atomic mass is 9.97. The van der Waals surface area contributed by atoms with E-state index in [9.17, 15) is 14.4 Å². The van der Waals surface area contributed by atoms with Crippen LogP contribution in [-0.4, -0.2) is 54.5 Å². The van der Waals surface area contributed by atoms with E-state index in [1.165, 1.54) is 18.4 Å². The number of hydrogen-bond acceptors (Lipinski definition) is 8. The SMILES string of the molecule is COC(=O)C1CCN(C(=O)COC(=O)Cc2sc(-c3ccccc3)nc2-c2cccs2)CC1. The second-order valence-corrected chi connectivity index (χ2v) is 9.68. The number of piperidine rings is 1. The molecule has 33 heavy (non-hydrogen) atoms. The van der Waals surface area contributed by atoms with Gasteiger partial charge in [-0.3, -0.25) is 14.4 Å². The topological polar surface area (TPSA) is 85.8 Å². The maximum absolute atomic E-state index is 12.6. The molecule has 0 aliphatic carbocycles. The van der Waals surface area contributed by atoms with Crippen LogP contribution in [0.15, 0.2) is 47.8 Å². The highest BCUT2D eigenvalue weighted by Gasteiger charge is 2.28. The quantitative estimate of drug-likeness (QED) is 0.471. The highest BCUT2D eigenvalue weighted by Crippen LogP contribution is 2.36. The first-order valence-electron chi connectivity index (χ1n) is 10.7. The molecule has 3 heterocycles. The fourth-order valence-electron chi connectivity index (χ4n) is 3.73. The van der Waals surface area contributed by atoms with Gasteiger partial charge in [0.2, 0.25) is 0 Å². The standard InChI is InChI=1S/C24H24N2O5S2/c1-30-24(29)17-9-11-26(12-10-17)20(27)15-31-21(28)14-19-22(18-8-5-13-32-18)25-23(33-19)16-6-3-2-4-7-16/h2-8,13,17H,9-12,14-15H2,1H3. The molecule has 7 nitrogen and oxygen atoms in total. The van der Waals surface area contributed by atoms with E-state index in [-0.39, 0.29) is 30.8 Å². The summed E-state index contributed by atoms with van der Waals surface area (Å²) in [6.07, 6.45) is 1.16. The molecule has 1 aromatic carbocycles. The Morgan fingerprint density at radius 2 is 1.85 bits per heavy atom. The van der Waals surface area contributed by atoms with Gasteiger partial charge in [-0.25, -0.2) is 4.98 Å². The van der Waals surface area contributed by atoms with Gasteiger partial charge in [-0.05, 0) is 24.3 Å². The van der Waals surface area contributed by atoms with Crippen molar-refractivity contribution in [2.75, 3.05) is 26.8 Å². The molecule has 1 saturated heterocycles. The van der Waals surface area contributed by atoms with Crippen molar-refractivity contribution >= 4 is 40.5 Å². The Labute approximate surface area is 200 Å². The molecule has 172 valence electrons. The summed E-state index contributed by atoms with van der Waals surface area (Å²) in [4.78, 5) is 44.9. The van der Waals surface area contributed by atoms with Crippen LogP contribution in [0, 0.1) is 5.92 Å². The lowest BCUT2D eigenvalue weighted by Gasteiger charge is -2.30. The van der Waals surface area contributed by atoms with Crippen LogP contribution in [-0.2, 0) is 30.3 Å². The number of methoxy groups -OCH3 is 1. The van der Waals surface area contributed by atoms with E-state index >= 15 is 0 Å². The van der Waals surface area contributed by atoms with Crippen LogP contribution in [0.5, 0.6) is 0 Å². The second kappa shape index (κ2) is 10.7. The van der Waals surface area contributed by atoms with Crippen molar-refractivity contribution in [3.63, 3.8) is 0 Å². The molecule has 3 aromatic rings. The number of rotatable bonds is 7. The first-order chi connectivity index (χ1) is 16.0. The van der Waals surface area contributed by atoms with Gasteiger partial charge in [0.25, 0.3) is 5.91 Å². The van der Waals surface area contributed by atoms with Gasteiger partial charge in [0, 0.05) is 23.5 Å². The van der Waals surface area contributed by atoms with E-state index in [1.807, 2.05) is 47.8 Å². The summed E-state index contributed by atoms with van der Waals surface area (Å²) in [5.74, 6) is -1.13. The minimum absolute atomic E-state index is 0.0510. The number of likely N-dealkylation sites (tertiary alicyclic amines) is 1. The summed E-state index contributed by atoms with van der Waals surface area (Å²) >= 11 is 3.03. The van der Waals surface area contributed by atoms with Gasteiger partial charge in [0.05, 0.1) is 30.0 Å². The number of hydrogen-bond donors (Lipinski definition) is 0.